The summed E-state index contributed by atoms with van der Waals surface area (Å²) in [6.45, 7) is 1.95. The Bertz CT molecular complexity index is 624. The zero-order valence-electron chi connectivity index (χ0n) is 11.0. The summed E-state index contributed by atoms with van der Waals surface area (Å²) in [7, 11) is 0. The van der Waals surface area contributed by atoms with Gasteiger partial charge in [0.2, 0.25) is 0 Å². The van der Waals surface area contributed by atoms with Crippen molar-refractivity contribution in [2.24, 2.45) is 0 Å². The monoisotopic (exact) mass is 421 g/mol. The number of rotatable bonds is 3. The van der Waals surface area contributed by atoms with Crippen molar-refractivity contribution < 1.29 is 13.2 Å². The predicted octanol–water partition coefficient (Wildman–Crippen LogP) is 6.40. The molecular formula is C15H12Br2F3N. The summed E-state index contributed by atoms with van der Waals surface area (Å²) in [5, 5.41) is 3.20. The van der Waals surface area contributed by atoms with E-state index >= 15 is 0 Å². The molecule has 2 aromatic rings. The minimum absolute atomic E-state index is 0.0221. The topological polar surface area (TPSA) is 12.0 Å². The van der Waals surface area contributed by atoms with Crippen LogP contribution in [0.4, 0.5) is 18.9 Å². The molecule has 1 atom stereocenters. The molecule has 0 aliphatic carbocycles. The summed E-state index contributed by atoms with van der Waals surface area (Å²) >= 11 is 6.55. The highest BCUT2D eigenvalue weighted by atomic mass is 79.9. The minimum Gasteiger partial charge on any atom is -0.378 e. The van der Waals surface area contributed by atoms with Crippen LogP contribution in [0, 0.1) is 0 Å². The van der Waals surface area contributed by atoms with Crippen LogP contribution in [-0.2, 0) is 6.18 Å². The molecule has 1 N–H and O–H groups in total. The van der Waals surface area contributed by atoms with Gasteiger partial charge in [-0.25, -0.2) is 0 Å². The minimum atomic E-state index is -4.33. The molecule has 6 heteroatoms. The molecule has 0 fully saturated rings. The van der Waals surface area contributed by atoms with Gasteiger partial charge in [-0.15, -0.1) is 0 Å². The van der Waals surface area contributed by atoms with E-state index in [1.54, 1.807) is 0 Å². The lowest BCUT2D eigenvalue weighted by Gasteiger charge is -2.18. The molecule has 0 saturated heterocycles. The zero-order chi connectivity index (χ0) is 15.6. The largest absolute Gasteiger partial charge is 0.416 e. The van der Waals surface area contributed by atoms with E-state index < -0.39 is 11.7 Å². The molecule has 0 aliphatic rings. The van der Waals surface area contributed by atoms with Crippen molar-refractivity contribution >= 4 is 37.5 Å². The van der Waals surface area contributed by atoms with Crippen molar-refractivity contribution in [1.82, 2.24) is 0 Å². The smallest absolute Gasteiger partial charge is 0.378 e. The molecular weight excluding hydrogens is 411 g/mol. The fourth-order valence-electron chi connectivity index (χ4n) is 1.88. The van der Waals surface area contributed by atoms with Crippen molar-refractivity contribution in [3.05, 3.63) is 62.5 Å². The number of benzene rings is 2. The van der Waals surface area contributed by atoms with Crippen molar-refractivity contribution in [3.8, 4) is 0 Å². The molecule has 2 aromatic carbocycles. The predicted molar refractivity (Wildman–Crippen MR) is 85.3 cm³/mol. The first-order valence-electron chi connectivity index (χ1n) is 6.16. The van der Waals surface area contributed by atoms with Gasteiger partial charge in [0.1, 0.15) is 0 Å². The lowest BCUT2D eigenvalue weighted by molar-refractivity contribution is -0.137. The van der Waals surface area contributed by atoms with Crippen LogP contribution in [0.1, 0.15) is 24.1 Å². The van der Waals surface area contributed by atoms with Gasteiger partial charge in [0.25, 0.3) is 0 Å². The van der Waals surface area contributed by atoms with E-state index in [9.17, 15) is 13.2 Å². The van der Waals surface area contributed by atoms with Crippen molar-refractivity contribution in [2.45, 2.75) is 19.1 Å². The van der Waals surface area contributed by atoms with E-state index in [4.69, 9.17) is 0 Å². The van der Waals surface area contributed by atoms with Gasteiger partial charge in [0, 0.05) is 20.7 Å². The summed E-state index contributed by atoms with van der Waals surface area (Å²) in [5.41, 5.74) is 1.000. The fourth-order valence-corrected chi connectivity index (χ4v) is 2.63. The van der Waals surface area contributed by atoms with Crippen molar-refractivity contribution in [2.75, 3.05) is 5.32 Å². The Morgan fingerprint density at radius 1 is 1.00 bits per heavy atom. The Morgan fingerprint density at radius 3 is 2.14 bits per heavy atom. The number of hydrogen-bond donors (Lipinski definition) is 1. The van der Waals surface area contributed by atoms with Gasteiger partial charge >= 0.3 is 6.18 Å². The summed E-state index contributed by atoms with van der Waals surface area (Å²) in [5.74, 6) is 0. The quantitative estimate of drug-likeness (QED) is 0.603. The lowest BCUT2D eigenvalue weighted by atomic mass is 10.1. The molecule has 0 radical (unpaired) electrons. The second kappa shape index (κ2) is 6.40. The third-order valence-corrected chi connectivity index (χ3v) is 4.22. The first-order valence-corrected chi connectivity index (χ1v) is 7.75. The lowest BCUT2D eigenvalue weighted by Crippen LogP contribution is -2.09. The van der Waals surface area contributed by atoms with Crippen LogP contribution in [0.5, 0.6) is 0 Å². The molecule has 1 nitrogen and oxygen atoms in total. The van der Waals surface area contributed by atoms with Gasteiger partial charge < -0.3 is 5.32 Å². The summed E-state index contributed by atoms with van der Waals surface area (Å²) in [6.07, 6.45) is -4.33. The number of halogens is 5. The number of anilines is 1. The third kappa shape index (κ3) is 4.23. The molecule has 0 aliphatic heterocycles. The third-order valence-electron chi connectivity index (χ3n) is 3.04. The molecule has 0 heterocycles. The first-order chi connectivity index (χ1) is 9.77. The Hall–Kier alpha value is -1.01. The summed E-state index contributed by atoms with van der Waals surface area (Å²) in [6, 6.07) is 11.3. The summed E-state index contributed by atoms with van der Waals surface area (Å²) < 4.78 is 39.2. The van der Waals surface area contributed by atoms with Crippen molar-refractivity contribution in [3.63, 3.8) is 0 Å². The molecule has 1 unspecified atom stereocenters. The van der Waals surface area contributed by atoms with Crippen LogP contribution in [0.2, 0.25) is 0 Å². The van der Waals surface area contributed by atoms with Crippen LogP contribution in [0.3, 0.4) is 0 Å². The van der Waals surface area contributed by atoms with Gasteiger partial charge in [0.15, 0.2) is 0 Å². The molecule has 0 saturated carbocycles. The maximum Gasteiger partial charge on any atom is 0.416 e. The zero-order valence-corrected chi connectivity index (χ0v) is 14.2. The van der Waals surface area contributed by atoms with E-state index in [0.29, 0.717) is 10.2 Å². The average Bonchev–Trinajstić information content (AvgIpc) is 2.40. The van der Waals surface area contributed by atoms with Crippen LogP contribution in [-0.4, -0.2) is 0 Å². The van der Waals surface area contributed by atoms with Gasteiger partial charge in [-0.05, 0) is 58.7 Å². The molecule has 21 heavy (non-hydrogen) atoms. The molecule has 0 amide bonds. The normalized spacial score (nSPS) is 13.0. The first kappa shape index (κ1) is 16.4. The molecule has 0 bridgehead atoms. The van der Waals surface area contributed by atoms with E-state index in [-0.39, 0.29) is 6.04 Å². The standard InChI is InChI=1S/C15H12Br2F3N/c1-9(10-2-5-12(16)6-3-10)21-14-7-4-11(8-13(14)17)15(18,19)20/h2-9,21H,1H3. The number of alkyl halides is 3. The highest BCUT2D eigenvalue weighted by Gasteiger charge is 2.30. The second-order valence-corrected chi connectivity index (χ2v) is 6.38. The van der Waals surface area contributed by atoms with Gasteiger partial charge in [-0.3, -0.25) is 0 Å². The van der Waals surface area contributed by atoms with Crippen LogP contribution in [0.15, 0.2) is 51.4 Å². The molecule has 0 aromatic heterocycles. The molecule has 112 valence electrons. The summed E-state index contributed by atoms with van der Waals surface area (Å²) in [4.78, 5) is 0. The molecule has 0 spiro atoms. The SMILES string of the molecule is CC(Nc1ccc(C(F)(F)F)cc1Br)c1ccc(Br)cc1. The fraction of sp³-hybridized carbons (Fsp3) is 0.200. The van der Waals surface area contributed by atoms with Gasteiger partial charge in [-0.1, -0.05) is 28.1 Å². The van der Waals surface area contributed by atoms with E-state index in [1.165, 1.54) is 6.07 Å². The van der Waals surface area contributed by atoms with E-state index in [2.05, 4.69) is 37.2 Å². The average molecular weight is 423 g/mol. The van der Waals surface area contributed by atoms with Gasteiger partial charge in [0.05, 0.1) is 5.56 Å². The Kier molecular flexibility index (Phi) is 4.99. The highest BCUT2D eigenvalue weighted by molar-refractivity contribution is 9.10. The maximum atomic E-state index is 12.6. The van der Waals surface area contributed by atoms with Crippen LogP contribution >= 0.6 is 31.9 Å². The maximum absolute atomic E-state index is 12.6. The van der Waals surface area contributed by atoms with Crippen LogP contribution < -0.4 is 5.32 Å². The Balaban J connectivity index is 2.18. The molecule has 2 rings (SSSR count). The second-order valence-electron chi connectivity index (χ2n) is 4.61. The van der Waals surface area contributed by atoms with Crippen molar-refractivity contribution in [1.29, 1.82) is 0 Å². The van der Waals surface area contributed by atoms with Crippen LogP contribution in [0.25, 0.3) is 0 Å². The van der Waals surface area contributed by atoms with Gasteiger partial charge in [-0.2, -0.15) is 13.2 Å². The Morgan fingerprint density at radius 2 is 1.62 bits per heavy atom. The van der Waals surface area contributed by atoms with E-state index in [1.807, 2.05) is 31.2 Å². The Labute approximate surface area is 137 Å². The highest BCUT2D eigenvalue weighted by Crippen LogP contribution is 2.35. The number of hydrogen-bond acceptors (Lipinski definition) is 1. The number of nitrogens with one attached hydrogen (secondary N) is 1. The van der Waals surface area contributed by atoms with E-state index in [0.717, 1.165) is 22.2 Å².